The van der Waals surface area contributed by atoms with E-state index in [0.717, 1.165) is 33.8 Å². The fourth-order valence-electron chi connectivity index (χ4n) is 3.36. The Morgan fingerprint density at radius 2 is 1.87 bits per heavy atom. The van der Waals surface area contributed by atoms with Crippen LogP contribution in [0.2, 0.25) is 0 Å². The summed E-state index contributed by atoms with van der Waals surface area (Å²) in [6.07, 6.45) is 3.51. The molecule has 0 radical (unpaired) electrons. The van der Waals surface area contributed by atoms with E-state index in [2.05, 4.69) is 25.5 Å². The van der Waals surface area contributed by atoms with E-state index in [-0.39, 0.29) is 5.91 Å². The van der Waals surface area contributed by atoms with Crippen LogP contribution in [0.1, 0.15) is 32.9 Å². The van der Waals surface area contributed by atoms with Crippen LogP contribution in [0.5, 0.6) is 5.75 Å². The molecule has 2 aromatic heterocycles. The normalized spacial score (nSPS) is 10.7. The number of aromatic amines is 1. The number of aryl methyl sites for hydroxylation is 3. The molecule has 0 atom stereocenters. The maximum Gasteiger partial charge on any atom is 0.255 e. The first-order valence-electron chi connectivity index (χ1n) is 9.93. The zero-order valence-corrected chi connectivity index (χ0v) is 17.6. The molecule has 0 spiro atoms. The lowest BCUT2D eigenvalue weighted by Crippen LogP contribution is -2.13. The summed E-state index contributed by atoms with van der Waals surface area (Å²) in [5.41, 5.74) is 4.87. The fraction of sp³-hybridized carbons (Fsp3) is 0.167. The Morgan fingerprint density at radius 1 is 1.06 bits per heavy atom. The first-order valence-corrected chi connectivity index (χ1v) is 9.93. The molecule has 7 heteroatoms. The van der Waals surface area contributed by atoms with Gasteiger partial charge >= 0.3 is 0 Å². The van der Waals surface area contributed by atoms with E-state index in [9.17, 15) is 4.79 Å². The van der Waals surface area contributed by atoms with Crippen molar-refractivity contribution in [2.45, 2.75) is 27.4 Å². The second-order valence-electron chi connectivity index (χ2n) is 7.37. The number of nitrogens with zero attached hydrogens (tertiary/aromatic N) is 3. The molecule has 7 nitrogen and oxygen atoms in total. The standard InChI is InChI=1S/C24H23N5O2/c1-15-10-20(11-16(2)22(15)31-14-18-6-5-9-25-13-18)24(30)27-21-8-4-7-19(12-21)23-26-17(3)28-29-23/h4-13H,14H2,1-3H3,(H,27,30)(H,26,28,29). The molecule has 0 aliphatic carbocycles. The Hall–Kier alpha value is -4.00. The molecule has 2 aromatic carbocycles. The minimum Gasteiger partial charge on any atom is -0.488 e. The lowest BCUT2D eigenvalue weighted by atomic mass is 10.0. The zero-order chi connectivity index (χ0) is 21.8. The van der Waals surface area contributed by atoms with E-state index in [1.807, 2.05) is 69.3 Å². The fourth-order valence-corrected chi connectivity index (χ4v) is 3.36. The minimum absolute atomic E-state index is 0.187. The Kier molecular flexibility index (Phi) is 5.75. The predicted octanol–water partition coefficient (Wildman–Crippen LogP) is 4.62. The highest BCUT2D eigenvalue weighted by Crippen LogP contribution is 2.27. The van der Waals surface area contributed by atoms with Crippen LogP contribution < -0.4 is 10.1 Å². The minimum atomic E-state index is -0.187. The van der Waals surface area contributed by atoms with Gasteiger partial charge < -0.3 is 10.1 Å². The summed E-state index contributed by atoms with van der Waals surface area (Å²) in [5, 5.41) is 9.95. The molecule has 0 bridgehead atoms. The van der Waals surface area contributed by atoms with Gasteiger partial charge in [0.1, 0.15) is 18.2 Å². The summed E-state index contributed by atoms with van der Waals surface area (Å²) < 4.78 is 5.98. The third kappa shape index (κ3) is 4.78. The highest BCUT2D eigenvalue weighted by Gasteiger charge is 2.13. The summed E-state index contributed by atoms with van der Waals surface area (Å²) in [4.78, 5) is 21.3. The van der Waals surface area contributed by atoms with Crippen LogP contribution in [0.4, 0.5) is 5.69 Å². The number of carbonyl (C=O) groups is 1. The second-order valence-corrected chi connectivity index (χ2v) is 7.37. The van der Waals surface area contributed by atoms with Crippen molar-refractivity contribution in [2.24, 2.45) is 0 Å². The highest BCUT2D eigenvalue weighted by atomic mass is 16.5. The van der Waals surface area contributed by atoms with Crippen molar-refractivity contribution in [3.05, 3.63) is 89.0 Å². The Balaban J connectivity index is 1.49. The van der Waals surface area contributed by atoms with Gasteiger partial charge in [0.2, 0.25) is 0 Å². The topological polar surface area (TPSA) is 92.8 Å². The largest absolute Gasteiger partial charge is 0.488 e. The summed E-state index contributed by atoms with van der Waals surface area (Å²) in [7, 11) is 0. The molecule has 4 rings (SSSR count). The number of pyridine rings is 1. The number of ether oxygens (including phenoxy) is 1. The molecule has 0 aliphatic rings. The van der Waals surface area contributed by atoms with Crippen molar-refractivity contribution in [3.63, 3.8) is 0 Å². The third-order valence-electron chi connectivity index (χ3n) is 4.80. The van der Waals surface area contributed by atoms with E-state index in [1.54, 1.807) is 12.4 Å². The van der Waals surface area contributed by atoms with Crippen LogP contribution in [0.15, 0.2) is 60.9 Å². The molecule has 2 heterocycles. The molecule has 156 valence electrons. The predicted molar refractivity (Wildman–Crippen MR) is 119 cm³/mol. The van der Waals surface area contributed by atoms with Crippen molar-refractivity contribution in [1.29, 1.82) is 0 Å². The number of amides is 1. The van der Waals surface area contributed by atoms with Crippen molar-refractivity contribution in [3.8, 4) is 17.1 Å². The quantitative estimate of drug-likeness (QED) is 0.481. The first-order chi connectivity index (χ1) is 15.0. The van der Waals surface area contributed by atoms with Gasteiger partial charge in [0.25, 0.3) is 5.91 Å². The number of carbonyl (C=O) groups excluding carboxylic acids is 1. The number of nitrogens with one attached hydrogen (secondary N) is 2. The van der Waals surface area contributed by atoms with E-state index in [1.165, 1.54) is 0 Å². The number of rotatable bonds is 6. The molecule has 0 saturated heterocycles. The Labute approximate surface area is 180 Å². The van der Waals surface area contributed by atoms with Crippen LogP contribution >= 0.6 is 0 Å². The summed E-state index contributed by atoms with van der Waals surface area (Å²) in [6.45, 7) is 6.15. The third-order valence-corrected chi connectivity index (χ3v) is 4.80. The van der Waals surface area contributed by atoms with Gasteiger partial charge in [0.05, 0.1) is 0 Å². The number of hydrogen-bond donors (Lipinski definition) is 2. The van der Waals surface area contributed by atoms with E-state index < -0.39 is 0 Å². The summed E-state index contributed by atoms with van der Waals surface area (Å²) >= 11 is 0. The van der Waals surface area contributed by atoms with Crippen molar-refractivity contribution >= 4 is 11.6 Å². The maximum absolute atomic E-state index is 12.9. The molecule has 0 aliphatic heterocycles. The van der Waals surface area contributed by atoms with Crippen molar-refractivity contribution in [1.82, 2.24) is 20.2 Å². The van der Waals surface area contributed by atoms with Gasteiger partial charge in [-0.05, 0) is 62.2 Å². The number of hydrogen-bond acceptors (Lipinski definition) is 5. The van der Waals surface area contributed by atoms with Gasteiger partial charge in [-0.25, -0.2) is 4.98 Å². The SMILES string of the molecule is Cc1nc(-c2cccc(NC(=O)c3cc(C)c(OCc4cccnc4)c(C)c3)c2)n[nH]1. The van der Waals surface area contributed by atoms with E-state index >= 15 is 0 Å². The van der Waals surface area contributed by atoms with Crippen LogP contribution in [0, 0.1) is 20.8 Å². The monoisotopic (exact) mass is 413 g/mol. The molecule has 1 amide bonds. The Bertz CT molecular complexity index is 1190. The maximum atomic E-state index is 12.9. The zero-order valence-electron chi connectivity index (χ0n) is 17.6. The van der Waals surface area contributed by atoms with Gasteiger partial charge in [-0.15, -0.1) is 0 Å². The molecule has 31 heavy (non-hydrogen) atoms. The van der Waals surface area contributed by atoms with Crippen LogP contribution in [0.3, 0.4) is 0 Å². The molecule has 0 saturated carbocycles. The van der Waals surface area contributed by atoms with Crippen LogP contribution in [0.25, 0.3) is 11.4 Å². The molecule has 2 N–H and O–H groups in total. The molecule has 0 unspecified atom stereocenters. The summed E-state index contributed by atoms with van der Waals surface area (Å²) in [5.74, 6) is 1.92. The number of aromatic nitrogens is 4. The van der Waals surface area contributed by atoms with Crippen LogP contribution in [-0.4, -0.2) is 26.1 Å². The van der Waals surface area contributed by atoms with Gasteiger partial charge in [-0.2, -0.15) is 5.10 Å². The van der Waals surface area contributed by atoms with Crippen molar-refractivity contribution in [2.75, 3.05) is 5.32 Å². The van der Waals surface area contributed by atoms with Crippen molar-refractivity contribution < 1.29 is 9.53 Å². The van der Waals surface area contributed by atoms with Gasteiger partial charge in [0, 0.05) is 34.8 Å². The average molecular weight is 413 g/mol. The highest BCUT2D eigenvalue weighted by molar-refractivity contribution is 6.04. The molecule has 0 fully saturated rings. The average Bonchev–Trinajstić information content (AvgIpc) is 3.20. The van der Waals surface area contributed by atoms with Gasteiger partial charge in [-0.1, -0.05) is 18.2 Å². The van der Waals surface area contributed by atoms with Gasteiger partial charge in [-0.3, -0.25) is 14.9 Å². The molecule has 4 aromatic rings. The molecular formula is C24H23N5O2. The summed E-state index contributed by atoms with van der Waals surface area (Å²) in [6, 6.07) is 15.0. The van der Waals surface area contributed by atoms with E-state index in [0.29, 0.717) is 23.7 Å². The van der Waals surface area contributed by atoms with E-state index in [4.69, 9.17) is 4.74 Å². The number of anilines is 1. The Morgan fingerprint density at radius 3 is 2.55 bits per heavy atom. The van der Waals surface area contributed by atoms with Crippen LogP contribution in [-0.2, 0) is 6.61 Å². The number of H-pyrrole nitrogens is 1. The number of benzene rings is 2. The van der Waals surface area contributed by atoms with Gasteiger partial charge in [0.15, 0.2) is 5.82 Å². The smallest absolute Gasteiger partial charge is 0.255 e. The second kappa shape index (κ2) is 8.79. The lowest BCUT2D eigenvalue weighted by molar-refractivity contribution is 0.102. The first kappa shape index (κ1) is 20.3. The molecular weight excluding hydrogens is 390 g/mol. The lowest BCUT2D eigenvalue weighted by Gasteiger charge is -2.14.